The van der Waals surface area contributed by atoms with Crippen LogP contribution in [-0.4, -0.2) is 193 Å². The predicted octanol–water partition coefficient (Wildman–Crippen LogP) is 9.94. The van der Waals surface area contributed by atoms with E-state index in [-0.39, 0.29) is 18.9 Å². The van der Waals surface area contributed by atoms with E-state index in [0.29, 0.717) is 12.8 Å². The van der Waals surface area contributed by atoms with Gasteiger partial charge in [0.25, 0.3) is 0 Å². The number of aliphatic hydroxyl groups is 11. The third-order valence-electron chi connectivity index (χ3n) is 17.8. The van der Waals surface area contributed by atoms with Crippen LogP contribution >= 0.6 is 0 Å². The number of aliphatic hydroxyl groups excluding tert-OH is 11. The van der Waals surface area contributed by atoms with Gasteiger partial charge in [0.2, 0.25) is 5.91 Å². The highest BCUT2D eigenvalue weighted by Crippen LogP contribution is 2.33. The van der Waals surface area contributed by atoms with Gasteiger partial charge in [0, 0.05) is 6.42 Å². The summed E-state index contributed by atoms with van der Waals surface area (Å²) in [4.78, 5) is 13.3. The van der Waals surface area contributed by atoms with Gasteiger partial charge in [0.1, 0.15) is 73.2 Å². The molecule has 12 N–H and O–H groups in total. The molecule has 1 amide bonds. The maximum absolute atomic E-state index is 13.3. The van der Waals surface area contributed by atoms with E-state index in [9.17, 15) is 61.0 Å². The zero-order valence-corrected chi connectivity index (χ0v) is 56.1. The lowest BCUT2D eigenvalue weighted by Crippen LogP contribution is -2.66. The van der Waals surface area contributed by atoms with E-state index < -0.39 is 124 Å². The predicted molar refractivity (Wildman–Crippen MR) is 355 cm³/mol. The number of carbonyl (C=O) groups is 1. The third-order valence-corrected chi connectivity index (χ3v) is 17.8. The second kappa shape index (κ2) is 53.6. The van der Waals surface area contributed by atoms with Crippen LogP contribution in [0.15, 0.2) is 60.8 Å². The molecule has 91 heavy (non-hydrogen) atoms. The molecule has 19 nitrogen and oxygen atoms in total. The Morgan fingerprint density at radius 2 is 0.758 bits per heavy atom. The van der Waals surface area contributed by atoms with Crippen LogP contribution < -0.4 is 5.32 Å². The molecular formula is C72H129NO18. The normalized spacial score (nSPS) is 28.2. The first-order valence-electron chi connectivity index (χ1n) is 36.0. The number of allylic oxidation sites excluding steroid dienone is 9. The van der Waals surface area contributed by atoms with Crippen molar-refractivity contribution in [3.63, 3.8) is 0 Å². The van der Waals surface area contributed by atoms with E-state index in [1.807, 2.05) is 6.08 Å². The van der Waals surface area contributed by atoms with Gasteiger partial charge < -0.3 is 89.9 Å². The molecule has 0 bridgehead atoms. The second-order valence-corrected chi connectivity index (χ2v) is 25.7. The topological polar surface area (TPSA) is 307 Å². The standard InChI is InChI=1S/C72H129NO18/c1-3-5-7-9-11-12-13-14-15-16-17-18-19-20-21-22-23-24-25-26-27-28-29-30-31-32-33-34-35-36-37-38-39-40-41-42-44-46-48-50-60(78)73-55(56(77)49-47-45-43-10-8-6-4-2)54-86-70-66(84)63(81)68(58(52-75)88-70)91-72-67(85)64(82)69(59(53-76)89-72)90-71-65(83)62(80)61(79)57(51-74)87-71/h8,10,13-14,16-17,19-20,47,49,55-59,61-72,74-77,79-85H,3-7,9,11-12,15,18,21-46,48,50-54H2,1-2H3,(H,73,78)/b10-8+,14-13-,17-16-,20-19-,49-47+. The zero-order chi connectivity index (χ0) is 66.1. The summed E-state index contributed by atoms with van der Waals surface area (Å²) in [6, 6.07) is -0.987. The van der Waals surface area contributed by atoms with E-state index in [4.69, 9.17) is 28.4 Å². The first-order valence-corrected chi connectivity index (χ1v) is 36.0. The van der Waals surface area contributed by atoms with Gasteiger partial charge in [-0.1, -0.05) is 248 Å². The summed E-state index contributed by atoms with van der Waals surface area (Å²) in [6.45, 7) is 1.57. The number of ether oxygens (including phenoxy) is 6. The first-order chi connectivity index (χ1) is 44.3. The quantitative estimate of drug-likeness (QED) is 0.0199. The third kappa shape index (κ3) is 35.4. The van der Waals surface area contributed by atoms with Gasteiger partial charge in [0.15, 0.2) is 18.9 Å². The maximum atomic E-state index is 13.3. The molecule has 19 heteroatoms. The fourth-order valence-electron chi connectivity index (χ4n) is 11.9. The summed E-state index contributed by atoms with van der Waals surface area (Å²) in [7, 11) is 0. The van der Waals surface area contributed by atoms with Crippen molar-refractivity contribution in [3.8, 4) is 0 Å². The molecule has 0 saturated carbocycles. The van der Waals surface area contributed by atoms with Crippen molar-refractivity contribution in [2.75, 3.05) is 26.4 Å². The summed E-state index contributed by atoms with van der Waals surface area (Å²) in [6.07, 6.45) is 40.2. The van der Waals surface area contributed by atoms with Crippen molar-refractivity contribution in [3.05, 3.63) is 60.8 Å². The Labute approximate surface area is 547 Å². The van der Waals surface area contributed by atoms with Crippen molar-refractivity contribution in [2.24, 2.45) is 0 Å². The number of nitrogens with one attached hydrogen (secondary N) is 1. The number of amides is 1. The largest absolute Gasteiger partial charge is 0.394 e. The zero-order valence-electron chi connectivity index (χ0n) is 56.1. The Bertz CT molecular complexity index is 1890. The summed E-state index contributed by atoms with van der Waals surface area (Å²) < 4.78 is 34.2. The molecular weight excluding hydrogens is 1170 g/mol. The van der Waals surface area contributed by atoms with Crippen molar-refractivity contribution >= 4 is 5.91 Å². The van der Waals surface area contributed by atoms with Gasteiger partial charge in [-0.3, -0.25) is 4.79 Å². The number of hydrogen-bond donors (Lipinski definition) is 12. The van der Waals surface area contributed by atoms with Gasteiger partial charge in [-0.25, -0.2) is 0 Å². The Kier molecular flexibility index (Phi) is 48.7. The fraction of sp³-hybridized carbons (Fsp3) is 0.847. The van der Waals surface area contributed by atoms with Gasteiger partial charge in [-0.15, -0.1) is 0 Å². The van der Waals surface area contributed by atoms with E-state index in [2.05, 4.69) is 67.8 Å². The molecule has 3 heterocycles. The number of hydrogen-bond acceptors (Lipinski definition) is 18. The Morgan fingerprint density at radius 3 is 1.21 bits per heavy atom. The summed E-state index contributed by atoms with van der Waals surface area (Å²) in [5.41, 5.74) is 0. The molecule has 17 unspecified atom stereocenters. The van der Waals surface area contributed by atoms with E-state index in [0.717, 1.165) is 51.4 Å². The van der Waals surface area contributed by atoms with Crippen molar-refractivity contribution in [2.45, 2.75) is 362 Å². The lowest BCUT2D eigenvalue weighted by atomic mass is 9.96. The van der Waals surface area contributed by atoms with E-state index in [1.54, 1.807) is 6.08 Å². The van der Waals surface area contributed by atoms with Gasteiger partial charge in [0.05, 0.1) is 38.6 Å². The van der Waals surface area contributed by atoms with E-state index >= 15 is 0 Å². The minimum Gasteiger partial charge on any atom is -0.394 e. The van der Waals surface area contributed by atoms with Gasteiger partial charge >= 0.3 is 0 Å². The molecule has 3 aliphatic rings. The number of rotatable bonds is 55. The number of unbranched alkanes of at least 4 members (excludes halogenated alkanes) is 31. The fourth-order valence-corrected chi connectivity index (χ4v) is 11.9. The SMILES string of the molecule is CCC/C=C/CC/C=C/C(O)C(COC1OC(CO)C(OC2OC(CO)C(OC3OC(CO)C(O)C(O)C3O)C(O)C2O)C(O)C1O)NC(=O)CCCCCCCCCCCCCCCCCCCCCCCCCC/C=C\C/C=C\C/C=C\CCCCCCC. The van der Waals surface area contributed by atoms with Crippen LogP contribution in [0.3, 0.4) is 0 Å². The van der Waals surface area contributed by atoms with E-state index in [1.165, 1.54) is 173 Å². The van der Waals surface area contributed by atoms with Crippen LogP contribution in [0.4, 0.5) is 0 Å². The first kappa shape index (κ1) is 82.7. The lowest BCUT2D eigenvalue weighted by molar-refractivity contribution is -0.379. The molecule has 3 rings (SSSR count). The van der Waals surface area contributed by atoms with Crippen molar-refractivity contribution in [1.29, 1.82) is 0 Å². The molecule has 0 aromatic heterocycles. The van der Waals surface area contributed by atoms with Crippen LogP contribution in [0.2, 0.25) is 0 Å². The highest BCUT2D eigenvalue weighted by atomic mass is 16.8. The van der Waals surface area contributed by atoms with Crippen molar-refractivity contribution in [1.82, 2.24) is 5.32 Å². The lowest BCUT2D eigenvalue weighted by Gasteiger charge is -2.48. The Morgan fingerprint density at radius 1 is 0.396 bits per heavy atom. The molecule has 3 fully saturated rings. The molecule has 0 spiro atoms. The monoisotopic (exact) mass is 1300 g/mol. The molecule has 17 atom stereocenters. The minimum absolute atomic E-state index is 0.236. The molecule has 0 aliphatic carbocycles. The molecule has 3 saturated heterocycles. The maximum Gasteiger partial charge on any atom is 0.220 e. The van der Waals surface area contributed by atoms with Crippen LogP contribution in [0.5, 0.6) is 0 Å². The summed E-state index contributed by atoms with van der Waals surface area (Å²) in [5.74, 6) is -0.288. The highest BCUT2D eigenvalue weighted by Gasteiger charge is 2.53. The molecule has 0 aromatic carbocycles. The minimum atomic E-state index is -1.98. The average molecular weight is 1300 g/mol. The Balaban J connectivity index is 1.24. The number of carbonyl (C=O) groups excluding carboxylic acids is 1. The second-order valence-electron chi connectivity index (χ2n) is 25.7. The molecule has 0 aromatic rings. The summed E-state index contributed by atoms with van der Waals surface area (Å²) in [5, 5.41) is 120. The van der Waals surface area contributed by atoms with Crippen LogP contribution in [0.25, 0.3) is 0 Å². The molecule has 3 aliphatic heterocycles. The van der Waals surface area contributed by atoms with Crippen molar-refractivity contribution < 1.29 is 89.4 Å². The van der Waals surface area contributed by atoms with Crippen LogP contribution in [-0.2, 0) is 33.2 Å². The molecule has 0 radical (unpaired) electrons. The molecule has 530 valence electrons. The highest BCUT2D eigenvalue weighted by molar-refractivity contribution is 5.76. The average Bonchev–Trinajstić information content (AvgIpc) is 1.04. The van der Waals surface area contributed by atoms with Gasteiger partial charge in [-0.05, 0) is 64.2 Å². The smallest absolute Gasteiger partial charge is 0.220 e. The van der Waals surface area contributed by atoms with Gasteiger partial charge in [-0.2, -0.15) is 0 Å². The van der Waals surface area contributed by atoms with Crippen LogP contribution in [0.1, 0.15) is 258 Å². The van der Waals surface area contributed by atoms with Crippen LogP contribution in [0, 0.1) is 0 Å². The Hall–Kier alpha value is -2.51. The summed E-state index contributed by atoms with van der Waals surface area (Å²) >= 11 is 0.